The smallest absolute Gasteiger partial charge is 0.262 e. The van der Waals surface area contributed by atoms with E-state index < -0.39 is 0 Å². The summed E-state index contributed by atoms with van der Waals surface area (Å²) in [6.45, 7) is 5.60. The summed E-state index contributed by atoms with van der Waals surface area (Å²) in [5, 5.41) is 5.77. The summed E-state index contributed by atoms with van der Waals surface area (Å²) in [7, 11) is 0. The zero-order chi connectivity index (χ0) is 18.4. The molecule has 0 unspecified atom stereocenters. The maximum absolute atomic E-state index is 12.1. The van der Waals surface area contributed by atoms with Crippen molar-refractivity contribution in [3.8, 4) is 5.75 Å². The Morgan fingerprint density at radius 3 is 2.52 bits per heavy atom. The fourth-order valence-corrected chi connectivity index (χ4v) is 2.38. The van der Waals surface area contributed by atoms with Gasteiger partial charge >= 0.3 is 0 Å². The van der Waals surface area contributed by atoms with Crippen molar-refractivity contribution in [1.82, 2.24) is 0 Å². The fourth-order valence-electron chi connectivity index (χ4n) is 2.15. The molecule has 2 rings (SSSR count). The van der Waals surface area contributed by atoms with Crippen molar-refractivity contribution in [2.45, 2.75) is 27.2 Å². The molecule has 2 aromatic carbocycles. The normalized spacial score (nSPS) is 10.2. The number of hydrogen-bond donors (Lipinski definition) is 2. The lowest BCUT2D eigenvalue weighted by Gasteiger charge is -2.12. The van der Waals surface area contributed by atoms with Crippen LogP contribution in [0.4, 0.5) is 11.4 Å². The molecule has 5 nitrogen and oxygen atoms in total. The second-order valence-corrected chi connectivity index (χ2v) is 6.04. The minimum atomic E-state index is -0.290. The minimum Gasteiger partial charge on any atom is -0.483 e. The number of aryl methyl sites for hydroxylation is 1. The summed E-state index contributed by atoms with van der Waals surface area (Å²) in [6.07, 6.45) is 0.366. The van der Waals surface area contributed by atoms with Crippen LogP contribution in [0.15, 0.2) is 36.4 Å². The molecular formula is C19H21ClN2O3. The van der Waals surface area contributed by atoms with Crippen LogP contribution in [0.3, 0.4) is 0 Å². The highest BCUT2D eigenvalue weighted by Gasteiger charge is 2.09. The highest BCUT2D eigenvalue weighted by Crippen LogP contribution is 2.26. The molecular weight excluding hydrogens is 340 g/mol. The number of carbonyl (C=O) groups is 2. The Bertz CT molecular complexity index is 790. The third-order valence-electron chi connectivity index (χ3n) is 3.76. The molecule has 132 valence electrons. The van der Waals surface area contributed by atoms with Crippen molar-refractivity contribution < 1.29 is 14.3 Å². The molecule has 0 aliphatic heterocycles. The van der Waals surface area contributed by atoms with Crippen molar-refractivity contribution in [2.24, 2.45) is 0 Å². The highest BCUT2D eigenvalue weighted by atomic mass is 35.5. The SMILES string of the molecule is CCC(=O)Nc1ccc(NC(=O)COc2cccc(C)c2C)cc1Cl. The van der Waals surface area contributed by atoms with Crippen LogP contribution in [0.2, 0.25) is 5.02 Å². The second kappa shape index (κ2) is 8.53. The van der Waals surface area contributed by atoms with Gasteiger partial charge < -0.3 is 15.4 Å². The Hall–Kier alpha value is -2.53. The van der Waals surface area contributed by atoms with Crippen molar-refractivity contribution in [3.63, 3.8) is 0 Å². The van der Waals surface area contributed by atoms with Gasteiger partial charge in [0.25, 0.3) is 5.91 Å². The van der Waals surface area contributed by atoms with Gasteiger partial charge in [0.15, 0.2) is 6.61 Å². The molecule has 6 heteroatoms. The second-order valence-electron chi connectivity index (χ2n) is 5.63. The predicted molar refractivity (Wildman–Crippen MR) is 100 cm³/mol. The first-order valence-corrected chi connectivity index (χ1v) is 8.36. The summed E-state index contributed by atoms with van der Waals surface area (Å²) in [6, 6.07) is 10.6. The number of nitrogens with one attached hydrogen (secondary N) is 2. The summed E-state index contributed by atoms with van der Waals surface area (Å²) in [5.41, 5.74) is 3.16. The molecule has 0 fully saturated rings. The van der Waals surface area contributed by atoms with E-state index in [9.17, 15) is 9.59 Å². The molecule has 0 aromatic heterocycles. The highest BCUT2D eigenvalue weighted by molar-refractivity contribution is 6.34. The molecule has 2 amide bonds. The molecule has 0 spiro atoms. The van der Waals surface area contributed by atoms with E-state index in [1.54, 1.807) is 25.1 Å². The van der Waals surface area contributed by atoms with Gasteiger partial charge in [-0.25, -0.2) is 0 Å². The molecule has 2 N–H and O–H groups in total. The van der Waals surface area contributed by atoms with Gasteiger partial charge in [-0.3, -0.25) is 9.59 Å². The standard InChI is InChI=1S/C19H21ClN2O3/c1-4-18(23)22-16-9-8-14(10-15(16)20)21-19(24)11-25-17-7-5-6-12(2)13(17)3/h5-10H,4,11H2,1-3H3,(H,21,24)(H,22,23). The number of anilines is 2. The summed E-state index contributed by atoms with van der Waals surface area (Å²) < 4.78 is 5.57. The van der Waals surface area contributed by atoms with Gasteiger partial charge in [0.05, 0.1) is 10.7 Å². The number of hydrogen-bond acceptors (Lipinski definition) is 3. The van der Waals surface area contributed by atoms with Crippen LogP contribution >= 0.6 is 11.6 Å². The Balaban J connectivity index is 1.95. The number of rotatable bonds is 6. The van der Waals surface area contributed by atoms with Gasteiger partial charge in [-0.15, -0.1) is 0 Å². The van der Waals surface area contributed by atoms with Gasteiger partial charge in [-0.2, -0.15) is 0 Å². The summed E-state index contributed by atoms with van der Waals surface area (Å²) >= 11 is 6.13. The van der Waals surface area contributed by atoms with Crippen molar-refractivity contribution in [2.75, 3.05) is 17.2 Å². The minimum absolute atomic E-state index is 0.101. The quantitative estimate of drug-likeness (QED) is 0.806. The van der Waals surface area contributed by atoms with E-state index in [1.807, 2.05) is 32.0 Å². The Morgan fingerprint density at radius 1 is 1.08 bits per heavy atom. The number of ether oxygens (including phenoxy) is 1. The molecule has 2 aromatic rings. The van der Waals surface area contributed by atoms with Crippen molar-refractivity contribution >= 4 is 34.8 Å². The van der Waals surface area contributed by atoms with Gasteiger partial charge in [0.2, 0.25) is 5.91 Å². The fraction of sp³-hybridized carbons (Fsp3) is 0.263. The number of halogens is 1. The molecule has 0 atom stereocenters. The maximum Gasteiger partial charge on any atom is 0.262 e. The average Bonchev–Trinajstić information content (AvgIpc) is 2.58. The van der Waals surface area contributed by atoms with Crippen molar-refractivity contribution in [3.05, 3.63) is 52.5 Å². The number of carbonyl (C=O) groups excluding carboxylic acids is 2. The van der Waals surface area contributed by atoms with E-state index in [2.05, 4.69) is 10.6 Å². The third kappa shape index (κ3) is 5.22. The van der Waals surface area contributed by atoms with E-state index in [4.69, 9.17) is 16.3 Å². The lowest BCUT2D eigenvalue weighted by Crippen LogP contribution is -2.20. The zero-order valence-electron chi connectivity index (χ0n) is 14.5. The van der Waals surface area contributed by atoms with E-state index >= 15 is 0 Å². The maximum atomic E-state index is 12.1. The summed E-state index contributed by atoms with van der Waals surface area (Å²) in [5.74, 6) is 0.272. The van der Waals surface area contributed by atoms with Crippen LogP contribution in [0, 0.1) is 13.8 Å². The monoisotopic (exact) mass is 360 g/mol. The Morgan fingerprint density at radius 2 is 1.84 bits per heavy atom. The van der Waals surface area contributed by atoms with Gasteiger partial charge in [0, 0.05) is 12.1 Å². The topological polar surface area (TPSA) is 67.4 Å². The lowest BCUT2D eigenvalue weighted by molar-refractivity contribution is -0.118. The van der Waals surface area contributed by atoms with Crippen LogP contribution in [-0.2, 0) is 9.59 Å². The predicted octanol–water partition coefficient (Wildman–Crippen LogP) is 4.32. The molecule has 0 radical (unpaired) electrons. The van der Waals surface area contributed by atoms with Gasteiger partial charge in [-0.1, -0.05) is 30.7 Å². The van der Waals surface area contributed by atoms with E-state index in [0.717, 1.165) is 11.1 Å². The number of benzene rings is 2. The van der Waals surface area contributed by atoms with Gasteiger partial charge in [0.1, 0.15) is 5.75 Å². The zero-order valence-corrected chi connectivity index (χ0v) is 15.2. The molecule has 0 aliphatic carbocycles. The molecule has 0 bridgehead atoms. The molecule has 25 heavy (non-hydrogen) atoms. The van der Waals surface area contributed by atoms with Gasteiger partial charge in [-0.05, 0) is 49.2 Å². The number of amides is 2. The molecule has 0 aliphatic rings. The Labute approximate surface area is 152 Å². The van der Waals surface area contributed by atoms with Crippen LogP contribution in [0.25, 0.3) is 0 Å². The lowest BCUT2D eigenvalue weighted by atomic mass is 10.1. The first-order chi connectivity index (χ1) is 11.9. The molecule has 0 saturated heterocycles. The first kappa shape index (κ1) is 18.8. The third-order valence-corrected chi connectivity index (χ3v) is 4.07. The largest absolute Gasteiger partial charge is 0.483 e. The average molecular weight is 361 g/mol. The van der Waals surface area contributed by atoms with E-state index in [1.165, 1.54) is 0 Å². The van der Waals surface area contributed by atoms with E-state index in [-0.39, 0.29) is 18.4 Å². The van der Waals surface area contributed by atoms with Crippen molar-refractivity contribution in [1.29, 1.82) is 0 Å². The van der Waals surface area contributed by atoms with E-state index in [0.29, 0.717) is 28.6 Å². The van der Waals surface area contributed by atoms with Crippen LogP contribution in [-0.4, -0.2) is 18.4 Å². The van der Waals surface area contributed by atoms with Crippen LogP contribution in [0.1, 0.15) is 24.5 Å². The van der Waals surface area contributed by atoms with Crippen LogP contribution < -0.4 is 15.4 Å². The molecule has 0 saturated carbocycles. The summed E-state index contributed by atoms with van der Waals surface area (Å²) in [4.78, 5) is 23.5. The molecule has 0 heterocycles. The Kier molecular flexibility index (Phi) is 6.42. The first-order valence-electron chi connectivity index (χ1n) is 7.99. The van der Waals surface area contributed by atoms with Crippen LogP contribution in [0.5, 0.6) is 5.75 Å².